The summed E-state index contributed by atoms with van der Waals surface area (Å²) in [7, 11) is 0. The predicted molar refractivity (Wildman–Crippen MR) is 67.2 cm³/mol. The average Bonchev–Trinajstić information content (AvgIpc) is 2.35. The van der Waals surface area contributed by atoms with Crippen LogP contribution in [0.25, 0.3) is 0 Å². The molecule has 2 atom stereocenters. The molecule has 2 unspecified atom stereocenters. The zero-order valence-corrected chi connectivity index (χ0v) is 10.6. The molecule has 0 heterocycles. The van der Waals surface area contributed by atoms with Crippen molar-refractivity contribution in [1.82, 2.24) is 0 Å². The molecule has 0 aromatic heterocycles. The molecule has 0 aliphatic heterocycles. The van der Waals surface area contributed by atoms with E-state index in [2.05, 4.69) is 13.8 Å². The lowest BCUT2D eigenvalue weighted by Crippen LogP contribution is -2.08. The maximum Gasteiger partial charge on any atom is 0.335 e. The third-order valence-corrected chi connectivity index (χ3v) is 2.95. The normalized spacial score (nSPS) is 14.3. The van der Waals surface area contributed by atoms with Gasteiger partial charge in [-0.3, -0.25) is 0 Å². The summed E-state index contributed by atoms with van der Waals surface area (Å²) in [6.07, 6.45) is 1.11. The summed E-state index contributed by atoms with van der Waals surface area (Å²) < 4.78 is 5.73. The Morgan fingerprint density at radius 1 is 1.29 bits per heavy atom. The van der Waals surface area contributed by atoms with Gasteiger partial charge in [0.2, 0.25) is 0 Å². The van der Waals surface area contributed by atoms with E-state index in [-0.39, 0.29) is 6.10 Å². The van der Waals surface area contributed by atoms with Crippen molar-refractivity contribution < 1.29 is 14.6 Å². The Balaban J connectivity index is 2.57. The zero-order chi connectivity index (χ0) is 12.8. The number of benzene rings is 1. The van der Waals surface area contributed by atoms with E-state index in [1.165, 1.54) is 0 Å². The Kier molecular flexibility index (Phi) is 5.16. The first kappa shape index (κ1) is 13.7. The smallest absolute Gasteiger partial charge is 0.335 e. The number of carboxylic acid groups (broad SMARTS) is 1. The Morgan fingerprint density at radius 3 is 2.35 bits per heavy atom. The molecule has 1 aromatic carbocycles. The molecule has 0 saturated carbocycles. The number of ether oxygens (including phenoxy) is 1. The van der Waals surface area contributed by atoms with Gasteiger partial charge in [-0.2, -0.15) is 0 Å². The van der Waals surface area contributed by atoms with Gasteiger partial charge in [-0.15, -0.1) is 0 Å². The fraction of sp³-hybridized carbons (Fsp3) is 0.500. The summed E-state index contributed by atoms with van der Waals surface area (Å²) in [4.78, 5) is 10.7. The van der Waals surface area contributed by atoms with Crippen LogP contribution in [-0.2, 0) is 4.74 Å². The lowest BCUT2D eigenvalue weighted by molar-refractivity contribution is 0.0424. The van der Waals surface area contributed by atoms with Gasteiger partial charge in [0.1, 0.15) is 0 Å². The maximum absolute atomic E-state index is 10.7. The Hall–Kier alpha value is -1.35. The monoisotopic (exact) mass is 236 g/mol. The Bertz CT molecular complexity index is 356. The molecule has 0 bridgehead atoms. The summed E-state index contributed by atoms with van der Waals surface area (Å²) in [6, 6.07) is 6.84. The minimum Gasteiger partial charge on any atom is -0.478 e. The zero-order valence-electron chi connectivity index (χ0n) is 10.6. The highest BCUT2D eigenvalue weighted by atomic mass is 16.5. The molecule has 0 spiro atoms. The summed E-state index contributed by atoms with van der Waals surface area (Å²) in [6.45, 7) is 7.01. The highest BCUT2D eigenvalue weighted by molar-refractivity contribution is 5.87. The molecule has 0 radical (unpaired) electrons. The summed E-state index contributed by atoms with van der Waals surface area (Å²) in [5.41, 5.74) is 1.32. The summed E-state index contributed by atoms with van der Waals surface area (Å²) in [5, 5.41) is 8.79. The minimum absolute atomic E-state index is 0.00634. The third-order valence-electron chi connectivity index (χ3n) is 2.95. The van der Waals surface area contributed by atoms with E-state index in [0.717, 1.165) is 18.6 Å². The van der Waals surface area contributed by atoms with Gasteiger partial charge >= 0.3 is 5.97 Å². The van der Waals surface area contributed by atoms with Gasteiger partial charge in [0.15, 0.2) is 0 Å². The van der Waals surface area contributed by atoms with Crippen molar-refractivity contribution in [2.45, 2.75) is 33.3 Å². The van der Waals surface area contributed by atoms with Crippen LogP contribution >= 0.6 is 0 Å². The molecule has 1 N–H and O–H groups in total. The van der Waals surface area contributed by atoms with E-state index in [9.17, 15) is 4.79 Å². The number of carbonyl (C=O) groups is 1. The Morgan fingerprint density at radius 2 is 1.88 bits per heavy atom. The SMILES string of the molecule is CCC(C)COC(C)c1ccc(C(=O)O)cc1. The van der Waals surface area contributed by atoms with Crippen molar-refractivity contribution in [1.29, 1.82) is 0 Å². The van der Waals surface area contributed by atoms with Gasteiger partial charge in [-0.05, 0) is 30.5 Å². The number of rotatable bonds is 6. The standard InChI is InChI=1S/C14H20O3/c1-4-10(2)9-17-11(3)12-5-7-13(8-6-12)14(15)16/h5-8,10-11H,4,9H2,1-3H3,(H,15,16). The van der Waals surface area contributed by atoms with Crippen LogP contribution in [0.1, 0.15) is 49.2 Å². The molecule has 1 rings (SSSR count). The largest absolute Gasteiger partial charge is 0.478 e. The molecule has 0 aliphatic carbocycles. The first-order valence-corrected chi connectivity index (χ1v) is 5.99. The van der Waals surface area contributed by atoms with E-state index in [4.69, 9.17) is 9.84 Å². The van der Waals surface area contributed by atoms with Crippen LogP contribution in [0.4, 0.5) is 0 Å². The van der Waals surface area contributed by atoms with Crippen LogP contribution in [0.2, 0.25) is 0 Å². The molecule has 1 aromatic rings. The second-order valence-corrected chi connectivity index (χ2v) is 4.42. The number of hydrogen-bond donors (Lipinski definition) is 1. The first-order chi connectivity index (χ1) is 8.04. The van der Waals surface area contributed by atoms with Gasteiger partial charge in [0.05, 0.1) is 11.7 Å². The van der Waals surface area contributed by atoms with Gasteiger partial charge in [-0.1, -0.05) is 32.4 Å². The van der Waals surface area contributed by atoms with Gasteiger partial charge < -0.3 is 9.84 Å². The summed E-state index contributed by atoms with van der Waals surface area (Å²) in [5.74, 6) is -0.347. The molecule has 3 nitrogen and oxygen atoms in total. The van der Waals surface area contributed by atoms with Crippen LogP contribution < -0.4 is 0 Å². The van der Waals surface area contributed by atoms with Crippen LogP contribution in [0.3, 0.4) is 0 Å². The van der Waals surface area contributed by atoms with Gasteiger partial charge in [-0.25, -0.2) is 4.79 Å². The second kappa shape index (κ2) is 6.40. The fourth-order valence-electron chi connectivity index (χ4n) is 1.42. The average molecular weight is 236 g/mol. The topological polar surface area (TPSA) is 46.5 Å². The number of carboxylic acids is 1. The van der Waals surface area contributed by atoms with Crippen LogP contribution in [0.15, 0.2) is 24.3 Å². The molecule has 94 valence electrons. The van der Waals surface area contributed by atoms with Crippen molar-refractivity contribution in [3.05, 3.63) is 35.4 Å². The molecule has 0 fully saturated rings. The molecular weight excluding hydrogens is 216 g/mol. The van der Waals surface area contributed by atoms with Crippen molar-refractivity contribution in [3.63, 3.8) is 0 Å². The summed E-state index contributed by atoms with van der Waals surface area (Å²) >= 11 is 0. The van der Waals surface area contributed by atoms with Gasteiger partial charge in [0.25, 0.3) is 0 Å². The molecule has 0 saturated heterocycles. The van der Waals surface area contributed by atoms with E-state index >= 15 is 0 Å². The third kappa shape index (κ3) is 4.19. The van der Waals surface area contributed by atoms with Crippen molar-refractivity contribution in [2.24, 2.45) is 5.92 Å². The maximum atomic E-state index is 10.7. The Labute approximate surface area is 102 Å². The van der Waals surface area contributed by atoms with E-state index < -0.39 is 5.97 Å². The molecule has 3 heteroatoms. The van der Waals surface area contributed by atoms with Crippen LogP contribution in [0.5, 0.6) is 0 Å². The van der Waals surface area contributed by atoms with E-state index in [0.29, 0.717) is 11.5 Å². The quantitative estimate of drug-likeness (QED) is 0.822. The molecule has 0 amide bonds. The molecule has 17 heavy (non-hydrogen) atoms. The fourth-order valence-corrected chi connectivity index (χ4v) is 1.42. The minimum atomic E-state index is -0.898. The highest BCUT2D eigenvalue weighted by Crippen LogP contribution is 2.18. The molecule has 0 aliphatic rings. The van der Waals surface area contributed by atoms with Crippen molar-refractivity contribution in [3.8, 4) is 0 Å². The first-order valence-electron chi connectivity index (χ1n) is 5.99. The van der Waals surface area contributed by atoms with Crippen molar-refractivity contribution in [2.75, 3.05) is 6.61 Å². The van der Waals surface area contributed by atoms with Gasteiger partial charge in [0, 0.05) is 6.61 Å². The lowest BCUT2D eigenvalue weighted by atomic mass is 10.1. The van der Waals surface area contributed by atoms with Crippen molar-refractivity contribution >= 4 is 5.97 Å². The number of aromatic carboxylic acids is 1. The second-order valence-electron chi connectivity index (χ2n) is 4.42. The lowest BCUT2D eigenvalue weighted by Gasteiger charge is -2.16. The van der Waals surface area contributed by atoms with E-state index in [1.807, 2.05) is 19.1 Å². The number of hydrogen-bond acceptors (Lipinski definition) is 2. The predicted octanol–water partition coefficient (Wildman–Crippen LogP) is 3.51. The van der Waals surface area contributed by atoms with Crippen LogP contribution in [-0.4, -0.2) is 17.7 Å². The highest BCUT2D eigenvalue weighted by Gasteiger charge is 2.09. The van der Waals surface area contributed by atoms with Crippen LogP contribution in [0, 0.1) is 5.92 Å². The molecular formula is C14H20O3. The van der Waals surface area contributed by atoms with E-state index in [1.54, 1.807) is 12.1 Å².